The number of carbonyl (C=O) groups is 2. The average molecular weight is 356 g/mol. The minimum Gasteiger partial charge on any atom is -0.508 e. The van der Waals surface area contributed by atoms with Gasteiger partial charge in [-0.2, -0.15) is 0 Å². The molecule has 0 bridgehead atoms. The number of rotatable bonds is 4. The molecule has 0 radical (unpaired) electrons. The Hall–Kier alpha value is -3.02. The first kappa shape index (κ1) is 17.8. The fourth-order valence-corrected chi connectivity index (χ4v) is 3.46. The van der Waals surface area contributed by atoms with Crippen molar-refractivity contribution in [1.82, 2.24) is 0 Å². The van der Waals surface area contributed by atoms with E-state index in [0.29, 0.717) is 17.1 Å². The van der Waals surface area contributed by atoms with Crippen molar-refractivity contribution in [2.45, 2.75) is 19.8 Å². The summed E-state index contributed by atoms with van der Waals surface area (Å²) in [5, 5.41) is 9.74. The maximum atomic E-state index is 13.2. The maximum absolute atomic E-state index is 13.2. The van der Waals surface area contributed by atoms with Gasteiger partial charge in [-0.1, -0.05) is 13.8 Å². The molecule has 1 N–H and O–H groups in total. The third-order valence-electron chi connectivity index (χ3n) is 4.54. The molecule has 0 amide bonds. The molecule has 0 saturated heterocycles. The molecule has 0 saturated carbocycles. The standard InChI is InChI=1S/C20H20O6/c1-9(2)13-18(24-3)14-15(20(26-5)19(13)25-4)17(23)12-8-10(21)6-7-11(12)16(14)22/h6-9,21H,1-5H3. The number of phenols is 1. The van der Waals surface area contributed by atoms with Crippen LogP contribution in [0, 0.1) is 0 Å². The van der Waals surface area contributed by atoms with Crippen molar-refractivity contribution in [1.29, 1.82) is 0 Å². The number of fused-ring (bicyclic) bond motifs is 2. The number of ketones is 2. The summed E-state index contributed by atoms with van der Waals surface area (Å²) in [4.78, 5) is 26.3. The van der Waals surface area contributed by atoms with Crippen molar-refractivity contribution >= 4 is 11.6 Å². The van der Waals surface area contributed by atoms with E-state index >= 15 is 0 Å². The smallest absolute Gasteiger partial charge is 0.198 e. The number of aromatic hydroxyl groups is 1. The zero-order chi connectivity index (χ0) is 19.2. The lowest BCUT2D eigenvalue weighted by Gasteiger charge is -2.27. The Balaban J connectivity index is 2.49. The SMILES string of the molecule is COc1c(OC)c(C(C)C)c(OC)c2c1C(=O)c1cc(O)ccc1C2=O. The van der Waals surface area contributed by atoms with Crippen molar-refractivity contribution in [2.75, 3.05) is 21.3 Å². The minimum atomic E-state index is -0.422. The number of carbonyl (C=O) groups excluding carboxylic acids is 2. The van der Waals surface area contributed by atoms with Crippen LogP contribution in [0.2, 0.25) is 0 Å². The fraction of sp³-hybridized carbons (Fsp3) is 0.300. The number of benzene rings is 2. The molecule has 26 heavy (non-hydrogen) atoms. The molecule has 1 aliphatic carbocycles. The van der Waals surface area contributed by atoms with Crippen molar-refractivity contribution < 1.29 is 28.9 Å². The molecule has 0 unspecified atom stereocenters. The largest absolute Gasteiger partial charge is 0.508 e. The minimum absolute atomic E-state index is 0.0387. The van der Waals surface area contributed by atoms with Crippen LogP contribution in [-0.4, -0.2) is 38.0 Å². The summed E-state index contributed by atoms with van der Waals surface area (Å²) in [5.74, 6) is -0.0382. The fourth-order valence-electron chi connectivity index (χ4n) is 3.46. The molecule has 136 valence electrons. The zero-order valence-electron chi connectivity index (χ0n) is 15.3. The first-order chi connectivity index (χ1) is 12.4. The van der Waals surface area contributed by atoms with Crippen LogP contribution in [-0.2, 0) is 0 Å². The zero-order valence-corrected chi connectivity index (χ0v) is 15.3. The van der Waals surface area contributed by atoms with Crippen LogP contribution < -0.4 is 14.2 Å². The van der Waals surface area contributed by atoms with E-state index in [9.17, 15) is 14.7 Å². The van der Waals surface area contributed by atoms with E-state index in [2.05, 4.69) is 0 Å². The lowest BCUT2D eigenvalue weighted by Crippen LogP contribution is -2.24. The van der Waals surface area contributed by atoms with Crippen molar-refractivity contribution in [3.05, 3.63) is 46.0 Å². The Morgan fingerprint density at radius 2 is 1.35 bits per heavy atom. The van der Waals surface area contributed by atoms with Gasteiger partial charge in [-0.05, 0) is 24.1 Å². The third kappa shape index (κ3) is 2.33. The molecule has 0 atom stereocenters. The molecule has 0 heterocycles. The van der Waals surface area contributed by atoms with Crippen LogP contribution in [0.1, 0.15) is 57.2 Å². The van der Waals surface area contributed by atoms with Gasteiger partial charge < -0.3 is 19.3 Å². The van der Waals surface area contributed by atoms with E-state index in [1.165, 1.54) is 39.5 Å². The molecular formula is C20H20O6. The van der Waals surface area contributed by atoms with E-state index in [0.717, 1.165) is 0 Å². The highest BCUT2D eigenvalue weighted by Crippen LogP contribution is 2.50. The Labute approximate surface area is 151 Å². The predicted molar refractivity (Wildman–Crippen MR) is 95.2 cm³/mol. The molecule has 2 aromatic rings. The molecule has 1 aliphatic rings. The lowest BCUT2D eigenvalue weighted by molar-refractivity contribution is 0.0972. The number of ether oxygens (including phenoxy) is 3. The van der Waals surface area contributed by atoms with Crippen molar-refractivity contribution in [3.8, 4) is 23.0 Å². The molecule has 0 aliphatic heterocycles. The molecule has 3 rings (SSSR count). The molecule has 6 nitrogen and oxygen atoms in total. The number of methoxy groups -OCH3 is 3. The van der Waals surface area contributed by atoms with Crippen molar-refractivity contribution in [3.63, 3.8) is 0 Å². The topological polar surface area (TPSA) is 82.1 Å². The molecular weight excluding hydrogens is 336 g/mol. The second kappa shape index (κ2) is 6.37. The highest BCUT2D eigenvalue weighted by Gasteiger charge is 2.39. The normalized spacial score (nSPS) is 12.7. The summed E-state index contributed by atoms with van der Waals surface area (Å²) in [6.45, 7) is 3.88. The van der Waals surface area contributed by atoms with Gasteiger partial charge in [-0.3, -0.25) is 9.59 Å². The quantitative estimate of drug-likeness (QED) is 0.772. The Bertz CT molecular complexity index is 927. The van der Waals surface area contributed by atoms with E-state index in [1.54, 1.807) is 0 Å². The summed E-state index contributed by atoms with van der Waals surface area (Å²) < 4.78 is 16.5. The highest BCUT2D eigenvalue weighted by molar-refractivity contribution is 6.30. The summed E-state index contributed by atoms with van der Waals surface area (Å²) >= 11 is 0. The van der Waals surface area contributed by atoms with Gasteiger partial charge in [0.25, 0.3) is 0 Å². The summed E-state index contributed by atoms with van der Waals surface area (Å²) in [6.07, 6.45) is 0. The van der Waals surface area contributed by atoms with E-state index in [-0.39, 0.29) is 45.5 Å². The molecule has 0 aromatic heterocycles. The highest BCUT2D eigenvalue weighted by atomic mass is 16.5. The monoisotopic (exact) mass is 356 g/mol. The maximum Gasteiger partial charge on any atom is 0.198 e. The summed E-state index contributed by atoms with van der Waals surface area (Å²) in [6, 6.07) is 4.11. The van der Waals surface area contributed by atoms with Crippen LogP contribution in [0.25, 0.3) is 0 Å². The second-order valence-electron chi connectivity index (χ2n) is 6.31. The van der Waals surface area contributed by atoms with Gasteiger partial charge in [0, 0.05) is 16.7 Å². The number of phenolic OH excluding ortho intramolecular Hbond substituents is 1. The summed E-state index contributed by atoms with van der Waals surface area (Å²) in [5.41, 5.74) is 1.27. The second-order valence-corrected chi connectivity index (χ2v) is 6.31. The molecule has 2 aromatic carbocycles. The van der Waals surface area contributed by atoms with E-state index in [4.69, 9.17) is 14.2 Å². The van der Waals surface area contributed by atoms with Gasteiger partial charge in [0.1, 0.15) is 11.5 Å². The Kier molecular flexibility index (Phi) is 4.36. The van der Waals surface area contributed by atoms with Crippen LogP contribution in [0.5, 0.6) is 23.0 Å². The van der Waals surface area contributed by atoms with E-state index in [1.807, 2.05) is 13.8 Å². The molecule has 0 fully saturated rings. The van der Waals surface area contributed by atoms with Gasteiger partial charge in [0.15, 0.2) is 23.1 Å². The van der Waals surface area contributed by atoms with Gasteiger partial charge in [-0.25, -0.2) is 0 Å². The molecule has 0 spiro atoms. The Morgan fingerprint density at radius 3 is 1.88 bits per heavy atom. The van der Waals surface area contributed by atoms with Crippen LogP contribution in [0.15, 0.2) is 18.2 Å². The predicted octanol–water partition coefficient (Wildman–Crippen LogP) is 3.32. The first-order valence-electron chi connectivity index (χ1n) is 8.15. The van der Waals surface area contributed by atoms with E-state index < -0.39 is 5.78 Å². The van der Waals surface area contributed by atoms with Crippen LogP contribution in [0.4, 0.5) is 0 Å². The van der Waals surface area contributed by atoms with Crippen LogP contribution >= 0.6 is 0 Å². The number of hydrogen-bond donors (Lipinski definition) is 1. The van der Waals surface area contributed by atoms with Crippen LogP contribution in [0.3, 0.4) is 0 Å². The summed E-state index contributed by atoms with van der Waals surface area (Å²) in [7, 11) is 4.35. The van der Waals surface area contributed by atoms with Gasteiger partial charge in [0.05, 0.1) is 32.5 Å². The third-order valence-corrected chi connectivity index (χ3v) is 4.54. The van der Waals surface area contributed by atoms with Gasteiger partial charge >= 0.3 is 0 Å². The van der Waals surface area contributed by atoms with Gasteiger partial charge in [-0.15, -0.1) is 0 Å². The lowest BCUT2D eigenvalue weighted by atomic mass is 9.80. The average Bonchev–Trinajstić information content (AvgIpc) is 2.63. The first-order valence-corrected chi connectivity index (χ1v) is 8.15. The Morgan fingerprint density at radius 1 is 0.808 bits per heavy atom. The number of hydrogen-bond acceptors (Lipinski definition) is 6. The van der Waals surface area contributed by atoms with Gasteiger partial charge in [0.2, 0.25) is 0 Å². The molecule has 6 heteroatoms. The van der Waals surface area contributed by atoms with Crippen molar-refractivity contribution in [2.24, 2.45) is 0 Å².